The Labute approximate surface area is 76.3 Å². The Kier molecular flexibility index (Phi) is 1.95. The summed E-state index contributed by atoms with van der Waals surface area (Å²) >= 11 is 5.80. The molecule has 0 spiro atoms. The average molecular weight is 184 g/mol. The van der Waals surface area contributed by atoms with Gasteiger partial charge in [0.15, 0.2) is 0 Å². The molecule has 1 aromatic carbocycles. The molecule has 1 heterocycles. The highest BCUT2D eigenvalue weighted by Gasteiger charge is 2.15. The van der Waals surface area contributed by atoms with Crippen molar-refractivity contribution in [1.29, 1.82) is 0 Å². The topological polar surface area (TPSA) is 35.2 Å². The van der Waals surface area contributed by atoms with E-state index in [1.807, 2.05) is 18.2 Å². The Hall–Kier alpha value is -0.730. The van der Waals surface area contributed by atoms with Crippen LogP contribution in [0.3, 0.4) is 0 Å². The van der Waals surface area contributed by atoms with Crippen LogP contribution in [0.25, 0.3) is 0 Å². The highest BCUT2D eigenvalue weighted by molar-refractivity contribution is 6.30. The molecule has 0 saturated carbocycles. The van der Waals surface area contributed by atoms with Gasteiger partial charge in [0.25, 0.3) is 0 Å². The van der Waals surface area contributed by atoms with E-state index in [0.29, 0.717) is 11.6 Å². The number of nitrogens with two attached hydrogens (primary N) is 1. The second kappa shape index (κ2) is 2.96. The molecular weight excluding hydrogens is 174 g/mol. The van der Waals surface area contributed by atoms with Gasteiger partial charge < -0.3 is 10.5 Å². The number of halogens is 1. The lowest BCUT2D eigenvalue weighted by molar-refractivity contribution is 0.263. The normalized spacial score (nSPS) is 21.3. The maximum absolute atomic E-state index is 5.80. The third-order valence-corrected chi connectivity index (χ3v) is 2.20. The van der Waals surface area contributed by atoms with Crippen LogP contribution in [0.2, 0.25) is 5.02 Å². The van der Waals surface area contributed by atoms with Gasteiger partial charge in [-0.1, -0.05) is 17.7 Å². The van der Waals surface area contributed by atoms with Crippen LogP contribution in [0, 0.1) is 0 Å². The highest BCUT2D eigenvalue weighted by atomic mass is 35.5. The summed E-state index contributed by atoms with van der Waals surface area (Å²) in [5.74, 6) is 0.879. The molecule has 1 aliphatic rings. The molecule has 1 atom stereocenters. The first kappa shape index (κ1) is 7.90. The van der Waals surface area contributed by atoms with Crippen LogP contribution in [0.5, 0.6) is 5.75 Å². The van der Waals surface area contributed by atoms with E-state index in [1.54, 1.807) is 0 Å². The van der Waals surface area contributed by atoms with Crippen LogP contribution in [-0.2, 0) is 6.42 Å². The summed E-state index contributed by atoms with van der Waals surface area (Å²) in [6.07, 6.45) is 0.881. The first-order valence-electron chi connectivity index (χ1n) is 3.92. The first-order valence-corrected chi connectivity index (χ1v) is 4.30. The summed E-state index contributed by atoms with van der Waals surface area (Å²) in [5.41, 5.74) is 6.88. The fraction of sp³-hybridized carbons (Fsp3) is 0.333. The van der Waals surface area contributed by atoms with E-state index in [4.69, 9.17) is 22.1 Å². The van der Waals surface area contributed by atoms with E-state index in [-0.39, 0.29) is 6.04 Å². The van der Waals surface area contributed by atoms with Crippen LogP contribution < -0.4 is 10.5 Å². The lowest BCUT2D eigenvalue weighted by Crippen LogP contribution is -2.33. The quantitative estimate of drug-likeness (QED) is 0.663. The van der Waals surface area contributed by atoms with Gasteiger partial charge in [-0.3, -0.25) is 0 Å². The van der Waals surface area contributed by atoms with Gasteiger partial charge in [0.1, 0.15) is 12.4 Å². The summed E-state index contributed by atoms with van der Waals surface area (Å²) in [6, 6.07) is 5.79. The number of benzene rings is 1. The molecule has 0 aromatic heterocycles. The van der Waals surface area contributed by atoms with Crippen LogP contribution in [0.4, 0.5) is 0 Å². The molecule has 2 nitrogen and oxygen atoms in total. The van der Waals surface area contributed by atoms with Crippen LogP contribution in [0.15, 0.2) is 18.2 Å². The summed E-state index contributed by atoms with van der Waals surface area (Å²) in [5, 5.41) is 0.712. The van der Waals surface area contributed by atoms with Crippen molar-refractivity contribution in [2.24, 2.45) is 5.73 Å². The Morgan fingerprint density at radius 3 is 3.17 bits per heavy atom. The van der Waals surface area contributed by atoms with Gasteiger partial charge in [-0.15, -0.1) is 0 Å². The second-order valence-electron chi connectivity index (χ2n) is 3.03. The minimum Gasteiger partial charge on any atom is -0.492 e. The fourth-order valence-corrected chi connectivity index (χ4v) is 1.53. The monoisotopic (exact) mass is 183 g/mol. The van der Waals surface area contributed by atoms with Crippen molar-refractivity contribution in [2.75, 3.05) is 6.61 Å². The Morgan fingerprint density at radius 2 is 2.33 bits per heavy atom. The molecular formula is C9H10ClNO. The molecule has 0 bridgehead atoms. The van der Waals surface area contributed by atoms with Crippen LogP contribution >= 0.6 is 11.6 Å². The van der Waals surface area contributed by atoms with Gasteiger partial charge >= 0.3 is 0 Å². The van der Waals surface area contributed by atoms with Crippen molar-refractivity contribution in [3.05, 3.63) is 28.8 Å². The minimum atomic E-state index is 0.124. The van der Waals surface area contributed by atoms with Gasteiger partial charge in [-0.05, 0) is 24.1 Å². The zero-order valence-electron chi connectivity index (χ0n) is 6.59. The van der Waals surface area contributed by atoms with Crippen LogP contribution in [-0.4, -0.2) is 12.6 Å². The molecule has 3 heteroatoms. The van der Waals surface area contributed by atoms with Crippen molar-refractivity contribution < 1.29 is 4.74 Å². The maximum Gasteiger partial charge on any atom is 0.124 e. The molecule has 0 saturated heterocycles. The van der Waals surface area contributed by atoms with E-state index < -0.39 is 0 Å². The number of fused-ring (bicyclic) bond motifs is 1. The molecule has 64 valence electrons. The van der Waals surface area contributed by atoms with E-state index in [9.17, 15) is 0 Å². The third kappa shape index (κ3) is 1.40. The van der Waals surface area contributed by atoms with Gasteiger partial charge in [0.2, 0.25) is 0 Å². The molecule has 0 aliphatic carbocycles. The number of rotatable bonds is 0. The zero-order chi connectivity index (χ0) is 8.55. The van der Waals surface area contributed by atoms with E-state index in [1.165, 1.54) is 0 Å². The molecule has 2 rings (SSSR count). The van der Waals surface area contributed by atoms with E-state index in [0.717, 1.165) is 17.7 Å². The standard InChI is InChI=1S/C9H10ClNO/c10-7-2-1-6-3-8(11)5-12-9(6)4-7/h1-2,4,8H,3,5,11H2. The average Bonchev–Trinajstić information content (AvgIpc) is 2.05. The maximum atomic E-state index is 5.80. The number of ether oxygens (including phenoxy) is 1. The molecule has 12 heavy (non-hydrogen) atoms. The van der Waals surface area contributed by atoms with Gasteiger partial charge in [-0.2, -0.15) is 0 Å². The van der Waals surface area contributed by atoms with Crippen molar-refractivity contribution in [1.82, 2.24) is 0 Å². The molecule has 1 unspecified atom stereocenters. The van der Waals surface area contributed by atoms with Crippen LogP contribution in [0.1, 0.15) is 5.56 Å². The highest BCUT2D eigenvalue weighted by Crippen LogP contribution is 2.27. The van der Waals surface area contributed by atoms with E-state index >= 15 is 0 Å². The molecule has 0 fully saturated rings. The summed E-state index contributed by atoms with van der Waals surface area (Å²) < 4.78 is 5.41. The zero-order valence-corrected chi connectivity index (χ0v) is 7.34. The SMILES string of the molecule is NC1COc2cc(Cl)ccc2C1. The van der Waals surface area contributed by atoms with Gasteiger partial charge in [0.05, 0.1) is 0 Å². The molecule has 0 amide bonds. The van der Waals surface area contributed by atoms with Crippen molar-refractivity contribution in [2.45, 2.75) is 12.5 Å². The molecule has 0 radical (unpaired) electrons. The van der Waals surface area contributed by atoms with Crippen molar-refractivity contribution in [3.63, 3.8) is 0 Å². The number of hydrogen-bond acceptors (Lipinski definition) is 2. The predicted molar refractivity (Wildman–Crippen MR) is 48.6 cm³/mol. The summed E-state index contributed by atoms with van der Waals surface area (Å²) in [7, 11) is 0. The Morgan fingerprint density at radius 1 is 1.50 bits per heavy atom. The Bertz CT molecular complexity index is 301. The smallest absolute Gasteiger partial charge is 0.124 e. The molecule has 1 aromatic rings. The molecule has 1 aliphatic heterocycles. The molecule has 2 N–H and O–H groups in total. The first-order chi connectivity index (χ1) is 5.75. The third-order valence-electron chi connectivity index (χ3n) is 1.96. The van der Waals surface area contributed by atoms with Gasteiger partial charge in [-0.25, -0.2) is 0 Å². The lowest BCUT2D eigenvalue weighted by Gasteiger charge is -2.22. The Balaban J connectivity index is 2.37. The number of hydrogen-bond donors (Lipinski definition) is 1. The largest absolute Gasteiger partial charge is 0.492 e. The summed E-state index contributed by atoms with van der Waals surface area (Å²) in [4.78, 5) is 0. The van der Waals surface area contributed by atoms with Crippen molar-refractivity contribution >= 4 is 11.6 Å². The van der Waals surface area contributed by atoms with Crippen molar-refractivity contribution in [3.8, 4) is 5.75 Å². The lowest BCUT2D eigenvalue weighted by atomic mass is 10.0. The minimum absolute atomic E-state index is 0.124. The second-order valence-corrected chi connectivity index (χ2v) is 3.46. The predicted octanol–water partition coefficient (Wildman–Crippen LogP) is 1.60. The summed E-state index contributed by atoms with van der Waals surface area (Å²) in [6.45, 7) is 0.591. The van der Waals surface area contributed by atoms with E-state index in [2.05, 4.69) is 0 Å². The fourth-order valence-electron chi connectivity index (χ4n) is 1.37. The van der Waals surface area contributed by atoms with Gasteiger partial charge in [0, 0.05) is 11.1 Å².